The number of nitrogens with zero attached hydrogens (tertiary/aromatic N) is 3. The van der Waals surface area contributed by atoms with Crippen LogP contribution >= 0.6 is 11.6 Å². The van der Waals surface area contributed by atoms with Crippen molar-refractivity contribution in [2.24, 2.45) is 7.05 Å². The summed E-state index contributed by atoms with van der Waals surface area (Å²) in [5, 5.41) is 4.12. The highest BCUT2D eigenvalue weighted by atomic mass is 35.5. The number of morpholine rings is 1. The molecule has 0 saturated carbocycles. The Bertz CT molecular complexity index is 484. The van der Waals surface area contributed by atoms with Crippen LogP contribution in [0.15, 0.2) is 6.20 Å². The SMILES string of the molecule is Cc1c(C(=O)N2CC(CCl)OC(C)(C)C2)cnn1C. The summed E-state index contributed by atoms with van der Waals surface area (Å²) in [5.41, 5.74) is 1.15. The molecule has 1 aromatic heterocycles. The van der Waals surface area contributed by atoms with Crippen LogP contribution in [0.25, 0.3) is 0 Å². The highest BCUT2D eigenvalue weighted by Gasteiger charge is 2.36. The Morgan fingerprint density at radius 2 is 2.32 bits per heavy atom. The molecule has 0 N–H and O–H groups in total. The van der Waals surface area contributed by atoms with E-state index in [0.717, 1.165) is 5.69 Å². The van der Waals surface area contributed by atoms with Gasteiger partial charge in [-0.2, -0.15) is 5.10 Å². The van der Waals surface area contributed by atoms with Crippen molar-refractivity contribution < 1.29 is 9.53 Å². The molecular weight excluding hydrogens is 266 g/mol. The van der Waals surface area contributed by atoms with E-state index in [4.69, 9.17) is 16.3 Å². The van der Waals surface area contributed by atoms with Gasteiger partial charge in [0, 0.05) is 25.8 Å². The average Bonchev–Trinajstić information content (AvgIpc) is 2.67. The van der Waals surface area contributed by atoms with Crippen LogP contribution in [-0.2, 0) is 11.8 Å². The Morgan fingerprint density at radius 3 is 2.84 bits per heavy atom. The fraction of sp³-hybridized carbons (Fsp3) is 0.692. The van der Waals surface area contributed by atoms with Crippen molar-refractivity contribution in [1.29, 1.82) is 0 Å². The van der Waals surface area contributed by atoms with Gasteiger partial charge in [-0.25, -0.2) is 0 Å². The zero-order valence-electron chi connectivity index (χ0n) is 11.8. The lowest BCUT2D eigenvalue weighted by atomic mass is 10.0. The summed E-state index contributed by atoms with van der Waals surface area (Å²) in [5.74, 6) is 0.385. The maximum absolute atomic E-state index is 12.6. The molecule has 1 amide bonds. The van der Waals surface area contributed by atoms with Crippen LogP contribution in [0.3, 0.4) is 0 Å². The van der Waals surface area contributed by atoms with Crippen molar-refractivity contribution in [3.63, 3.8) is 0 Å². The van der Waals surface area contributed by atoms with Crippen LogP contribution in [0, 0.1) is 6.92 Å². The smallest absolute Gasteiger partial charge is 0.257 e. The first kappa shape index (κ1) is 14.3. The first-order valence-electron chi connectivity index (χ1n) is 6.36. The van der Waals surface area contributed by atoms with Gasteiger partial charge in [0.25, 0.3) is 5.91 Å². The van der Waals surface area contributed by atoms with E-state index in [9.17, 15) is 4.79 Å². The number of halogens is 1. The number of alkyl halides is 1. The topological polar surface area (TPSA) is 47.4 Å². The van der Waals surface area contributed by atoms with E-state index >= 15 is 0 Å². The predicted octanol–water partition coefficient (Wildman–Crippen LogP) is 1.59. The van der Waals surface area contributed by atoms with Crippen molar-refractivity contribution in [2.45, 2.75) is 32.5 Å². The van der Waals surface area contributed by atoms with Crippen molar-refractivity contribution in [3.8, 4) is 0 Å². The third-order valence-electron chi connectivity index (χ3n) is 3.41. The number of carbonyl (C=O) groups is 1. The zero-order valence-corrected chi connectivity index (χ0v) is 12.6. The minimum absolute atomic E-state index is 0.00269. The standard InChI is InChI=1S/C13H20ClN3O2/c1-9-11(6-15-16(9)4)12(18)17-7-10(5-14)19-13(2,3)8-17/h6,10H,5,7-8H2,1-4H3. The lowest BCUT2D eigenvalue weighted by molar-refractivity contribution is -0.117. The molecule has 0 aliphatic carbocycles. The van der Waals surface area contributed by atoms with Gasteiger partial charge in [-0.3, -0.25) is 9.48 Å². The molecule has 19 heavy (non-hydrogen) atoms. The number of hydrogen-bond donors (Lipinski definition) is 0. The molecular formula is C13H20ClN3O2. The van der Waals surface area contributed by atoms with E-state index in [1.807, 2.05) is 27.8 Å². The van der Waals surface area contributed by atoms with Gasteiger partial charge in [-0.15, -0.1) is 11.6 Å². The molecule has 106 valence electrons. The van der Waals surface area contributed by atoms with Gasteiger partial charge in [0.05, 0.1) is 29.3 Å². The highest BCUT2D eigenvalue weighted by Crippen LogP contribution is 2.23. The van der Waals surface area contributed by atoms with Gasteiger partial charge in [-0.05, 0) is 20.8 Å². The number of rotatable bonds is 2. The van der Waals surface area contributed by atoms with E-state index in [1.54, 1.807) is 15.8 Å². The van der Waals surface area contributed by atoms with Gasteiger partial charge in [-0.1, -0.05) is 0 Å². The first-order valence-corrected chi connectivity index (χ1v) is 6.89. The molecule has 1 aliphatic heterocycles. The lowest BCUT2D eigenvalue weighted by Crippen LogP contribution is -2.55. The third-order valence-corrected chi connectivity index (χ3v) is 3.75. The van der Waals surface area contributed by atoms with E-state index in [2.05, 4.69) is 5.10 Å². The number of ether oxygens (including phenoxy) is 1. The largest absolute Gasteiger partial charge is 0.367 e. The number of aromatic nitrogens is 2. The second kappa shape index (κ2) is 5.13. The first-order chi connectivity index (χ1) is 8.84. The summed E-state index contributed by atoms with van der Waals surface area (Å²) < 4.78 is 7.53. The summed E-state index contributed by atoms with van der Waals surface area (Å²) in [4.78, 5) is 14.4. The monoisotopic (exact) mass is 285 g/mol. The maximum atomic E-state index is 12.6. The predicted molar refractivity (Wildman–Crippen MR) is 73.5 cm³/mol. The Hall–Kier alpha value is -1.07. The summed E-state index contributed by atoms with van der Waals surface area (Å²) in [7, 11) is 1.83. The molecule has 0 spiro atoms. The zero-order chi connectivity index (χ0) is 14.2. The van der Waals surface area contributed by atoms with Gasteiger partial charge in [0.2, 0.25) is 0 Å². The van der Waals surface area contributed by atoms with Crippen LogP contribution in [-0.4, -0.2) is 51.3 Å². The van der Waals surface area contributed by atoms with Gasteiger partial charge in [0.1, 0.15) is 0 Å². The van der Waals surface area contributed by atoms with Crippen LogP contribution in [0.2, 0.25) is 0 Å². The van der Waals surface area contributed by atoms with Crippen LogP contribution in [0.4, 0.5) is 0 Å². The fourth-order valence-electron chi connectivity index (χ4n) is 2.41. The Labute approximate surface area is 118 Å². The highest BCUT2D eigenvalue weighted by molar-refractivity contribution is 6.18. The minimum atomic E-state index is -0.371. The molecule has 1 saturated heterocycles. The van der Waals surface area contributed by atoms with E-state index in [-0.39, 0.29) is 17.6 Å². The number of amides is 1. The molecule has 5 nitrogen and oxygen atoms in total. The lowest BCUT2D eigenvalue weighted by Gasteiger charge is -2.42. The summed E-state index contributed by atoms with van der Waals surface area (Å²) >= 11 is 5.88. The van der Waals surface area contributed by atoms with E-state index < -0.39 is 0 Å². The molecule has 1 fully saturated rings. The second-order valence-electron chi connectivity index (χ2n) is 5.61. The van der Waals surface area contributed by atoms with Crippen molar-refractivity contribution in [2.75, 3.05) is 19.0 Å². The maximum Gasteiger partial charge on any atom is 0.257 e. The molecule has 0 aromatic carbocycles. The van der Waals surface area contributed by atoms with E-state index in [1.165, 1.54) is 0 Å². The minimum Gasteiger partial charge on any atom is -0.367 e. The number of carbonyl (C=O) groups excluding carboxylic acids is 1. The average molecular weight is 286 g/mol. The molecule has 2 heterocycles. The van der Waals surface area contributed by atoms with E-state index in [0.29, 0.717) is 24.5 Å². The van der Waals surface area contributed by atoms with Crippen molar-refractivity contribution in [1.82, 2.24) is 14.7 Å². The van der Waals surface area contributed by atoms with Gasteiger partial charge < -0.3 is 9.64 Å². The number of aryl methyl sites for hydroxylation is 1. The summed E-state index contributed by atoms with van der Waals surface area (Å²) in [6.07, 6.45) is 1.50. The molecule has 1 aromatic rings. The Kier molecular flexibility index (Phi) is 3.87. The molecule has 0 bridgehead atoms. The Morgan fingerprint density at radius 1 is 1.63 bits per heavy atom. The molecule has 2 rings (SSSR count). The number of hydrogen-bond acceptors (Lipinski definition) is 3. The second-order valence-corrected chi connectivity index (χ2v) is 5.92. The van der Waals surface area contributed by atoms with Crippen molar-refractivity contribution >= 4 is 17.5 Å². The summed E-state index contributed by atoms with van der Waals surface area (Å²) in [6, 6.07) is 0. The van der Waals surface area contributed by atoms with Crippen LogP contribution < -0.4 is 0 Å². The normalized spacial score (nSPS) is 22.6. The van der Waals surface area contributed by atoms with Crippen LogP contribution in [0.1, 0.15) is 29.9 Å². The molecule has 6 heteroatoms. The molecule has 1 aliphatic rings. The van der Waals surface area contributed by atoms with Gasteiger partial charge >= 0.3 is 0 Å². The Balaban J connectivity index is 2.21. The fourth-order valence-corrected chi connectivity index (χ4v) is 2.57. The van der Waals surface area contributed by atoms with Crippen molar-refractivity contribution in [3.05, 3.63) is 17.5 Å². The van der Waals surface area contributed by atoms with Gasteiger partial charge in [0.15, 0.2) is 0 Å². The molecule has 0 radical (unpaired) electrons. The summed E-state index contributed by atoms with van der Waals surface area (Å²) in [6.45, 7) is 6.93. The third kappa shape index (κ3) is 2.92. The van der Waals surface area contributed by atoms with Crippen LogP contribution in [0.5, 0.6) is 0 Å². The molecule has 1 atom stereocenters. The quantitative estimate of drug-likeness (QED) is 0.775. The molecule has 1 unspecified atom stereocenters.